The molecule has 0 bridgehead atoms. The van der Waals surface area contributed by atoms with Gasteiger partial charge in [0.2, 0.25) is 5.91 Å². The summed E-state index contributed by atoms with van der Waals surface area (Å²) in [6.07, 6.45) is 0. The Morgan fingerprint density at radius 3 is 2.61 bits per heavy atom. The van der Waals surface area contributed by atoms with Crippen molar-refractivity contribution >= 4 is 23.6 Å². The Kier molecular flexibility index (Phi) is 4.93. The van der Waals surface area contributed by atoms with Crippen LogP contribution < -0.4 is 14.8 Å². The molecule has 146 valence electrons. The summed E-state index contributed by atoms with van der Waals surface area (Å²) in [6, 6.07) is 12.8. The summed E-state index contributed by atoms with van der Waals surface area (Å²) in [4.78, 5) is 27.8. The number of nitrogens with one attached hydrogen (secondary N) is 1. The maximum Gasteiger partial charge on any atom is 0.260 e. The molecular weight excluding hydrogens is 376 g/mol. The first-order valence-corrected chi connectivity index (χ1v) is 10.2. The van der Waals surface area contributed by atoms with Crippen LogP contribution in [0.15, 0.2) is 42.5 Å². The predicted molar refractivity (Wildman–Crippen MR) is 108 cm³/mol. The molecule has 7 heteroatoms. The van der Waals surface area contributed by atoms with Crippen molar-refractivity contribution < 1.29 is 19.1 Å². The first-order chi connectivity index (χ1) is 13.6. The van der Waals surface area contributed by atoms with Gasteiger partial charge in [0.1, 0.15) is 11.4 Å². The molecule has 0 unspecified atom stereocenters. The van der Waals surface area contributed by atoms with E-state index in [0.29, 0.717) is 22.8 Å². The second kappa shape index (κ2) is 7.39. The Balaban J connectivity index is 1.58. The smallest absolute Gasteiger partial charge is 0.260 e. The van der Waals surface area contributed by atoms with Crippen molar-refractivity contribution in [1.29, 1.82) is 0 Å². The Bertz CT molecular complexity index is 918. The fourth-order valence-corrected chi connectivity index (χ4v) is 5.28. The highest BCUT2D eigenvalue weighted by Crippen LogP contribution is 2.52. The monoisotopic (exact) mass is 398 g/mol. The lowest BCUT2D eigenvalue weighted by Crippen LogP contribution is -2.46. The molecule has 6 nitrogen and oxygen atoms in total. The van der Waals surface area contributed by atoms with Crippen LogP contribution in [0.25, 0.3) is 0 Å². The standard InChI is InChI=1S/C21H22N2O4S/c1-12(13-7-5-4-6-8-13)22-19(24)15-11-28-21-14-9-10-16(26-2)18(27-3)17(14)20(25)23(15)21/h4-10,12,15,21H,11H2,1-3H3,(H,22,24)/t12-,15-,21-/m1/s1. The van der Waals surface area contributed by atoms with Gasteiger partial charge in [-0.25, -0.2) is 0 Å². The minimum Gasteiger partial charge on any atom is -0.493 e. The molecule has 0 radical (unpaired) electrons. The summed E-state index contributed by atoms with van der Waals surface area (Å²) in [5.41, 5.74) is 2.40. The van der Waals surface area contributed by atoms with Gasteiger partial charge in [-0.2, -0.15) is 0 Å². The maximum atomic E-state index is 13.2. The van der Waals surface area contributed by atoms with Gasteiger partial charge in [-0.05, 0) is 18.6 Å². The van der Waals surface area contributed by atoms with Crippen LogP contribution in [0.2, 0.25) is 0 Å². The fourth-order valence-electron chi connectivity index (χ4n) is 3.83. The van der Waals surface area contributed by atoms with Crippen molar-refractivity contribution in [3.05, 3.63) is 59.2 Å². The molecule has 2 aliphatic rings. The quantitative estimate of drug-likeness (QED) is 0.838. The number of hydrogen-bond donors (Lipinski definition) is 1. The molecule has 2 aromatic carbocycles. The van der Waals surface area contributed by atoms with Crippen molar-refractivity contribution in [2.45, 2.75) is 24.4 Å². The summed E-state index contributed by atoms with van der Waals surface area (Å²) in [7, 11) is 3.06. The van der Waals surface area contributed by atoms with E-state index in [1.807, 2.05) is 43.3 Å². The van der Waals surface area contributed by atoms with Crippen LogP contribution in [-0.2, 0) is 4.79 Å². The molecule has 0 aromatic heterocycles. The van der Waals surface area contributed by atoms with Crippen LogP contribution in [0.5, 0.6) is 11.5 Å². The van der Waals surface area contributed by atoms with Gasteiger partial charge in [-0.3, -0.25) is 9.59 Å². The zero-order chi connectivity index (χ0) is 19.8. The third kappa shape index (κ3) is 2.90. The molecule has 1 N–H and O–H groups in total. The summed E-state index contributed by atoms with van der Waals surface area (Å²) in [5.74, 6) is 1.18. The van der Waals surface area contributed by atoms with E-state index in [2.05, 4.69) is 5.32 Å². The number of nitrogens with zero attached hydrogens (tertiary/aromatic N) is 1. The number of methoxy groups -OCH3 is 2. The number of benzene rings is 2. The van der Waals surface area contributed by atoms with Crippen LogP contribution in [-0.4, -0.2) is 42.7 Å². The van der Waals surface area contributed by atoms with Crippen molar-refractivity contribution in [1.82, 2.24) is 10.2 Å². The van der Waals surface area contributed by atoms with Crippen LogP contribution >= 0.6 is 11.8 Å². The lowest BCUT2D eigenvalue weighted by Gasteiger charge is -2.24. The van der Waals surface area contributed by atoms with Gasteiger partial charge in [-0.15, -0.1) is 11.8 Å². The van der Waals surface area contributed by atoms with E-state index in [1.165, 1.54) is 7.11 Å². The van der Waals surface area contributed by atoms with E-state index in [9.17, 15) is 9.59 Å². The van der Waals surface area contributed by atoms with E-state index < -0.39 is 6.04 Å². The SMILES string of the molecule is COc1ccc2c(c1OC)C(=O)N1[C@@H](C(=O)N[C@H](C)c3ccccc3)CS[C@H]21. The Morgan fingerprint density at radius 2 is 1.93 bits per heavy atom. The van der Waals surface area contributed by atoms with E-state index in [1.54, 1.807) is 29.8 Å². The fraction of sp³-hybridized carbons (Fsp3) is 0.333. The number of carbonyl (C=O) groups excluding carboxylic acids is 2. The molecule has 4 rings (SSSR count). The van der Waals surface area contributed by atoms with Crippen molar-refractivity contribution in [3.63, 3.8) is 0 Å². The average Bonchev–Trinajstić information content (AvgIpc) is 3.28. The number of amides is 2. The molecule has 2 heterocycles. The first kappa shape index (κ1) is 18.7. The number of rotatable bonds is 5. The number of thioether (sulfide) groups is 1. The largest absolute Gasteiger partial charge is 0.493 e. The van der Waals surface area contributed by atoms with Crippen molar-refractivity contribution in [2.24, 2.45) is 0 Å². The summed E-state index contributed by atoms with van der Waals surface area (Å²) in [6.45, 7) is 1.95. The highest BCUT2D eigenvalue weighted by atomic mass is 32.2. The molecule has 1 saturated heterocycles. The lowest BCUT2D eigenvalue weighted by molar-refractivity contribution is -0.125. The number of carbonyl (C=O) groups is 2. The van der Waals surface area contributed by atoms with Crippen molar-refractivity contribution in [2.75, 3.05) is 20.0 Å². The summed E-state index contributed by atoms with van der Waals surface area (Å²) < 4.78 is 10.8. The van der Waals surface area contributed by atoms with Gasteiger partial charge in [0.05, 0.1) is 25.8 Å². The molecule has 0 spiro atoms. The summed E-state index contributed by atoms with van der Waals surface area (Å²) >= 11 is 1.60. The summed E-state index contributed by atoms with van der Waals surface area (Å²) in [5, 5.41) is 2.87. The van der Waals surface area contributed by atoms with E-state index in [-0.39, 0.29) is 23.2 Å². The Morgan fingerprint density at radius 1 is 1.18 bits per heavy atom. The van der Waals surface area contributed by atoms with Gasteiger partial charge >= 0.3 is 0 Å². The van der Waals surface area contributed by atoms with Crippen molar-refractivity contribution in [3.8, 4) is 11.5 Å². The molecule has 3 atom stereocenters. The van der Waals surface area contributed by atoms with Crippen LogP contribution in [0.1, 0.15) is 39.8 Å². The second-order valence-electron chi connectivity index (χ2n) is 6.82. The van der Waals surface area contributed by atoms with E-state index in [0.717, 1.165) is 11.1 Å². The van der Waals surface area contributed by atoms with Crippen LogP contribution in [0.4, 0.5) is 0 Å². The van der Waals surface area contributed by atoms with Gasteiger partial charge in [0.15, 0.2) is 11.5 Å². The molecule has 2 aromatic rings. The van der Waals surface area contributed by atoms with E-state index >= 15 is 0 Å². The third-order valence-electron chi connectivity index (χ3n) is 5.25. The maximum absolute atomic E-state index is 13.2. The molecule has 28 heavy (non-hydrogen) atoms. The highest BCUT2D eigenvalue weighted by Gasteiger charge is 2.50. The number of hydrogen-bond acceptors (Lipinski definition) is 5. The minimum atomic E-state index is -0.517. The molecule has 0 saturated carbocycles. The number of ether oxygens (including phenoxy) is 2. The predicted octanol–water partition coefficient (Wildman–Crippen LogP) is 3.15. The normalized spacial score (nSPS) is 21.1. The zero-order valence-electron chi connectivity index (χ0n) is 16.0. The van der Waals surface area contributed by atoms with Gasteiger partial charge < -0.3 is 19.7 Å². The van der Waals surface area contributed by atoms with Gasteiger partial charge in [0.25, 0.3) is 5.91 Å². The van der Waals surface area contributed by atoms with Crippen LogP contribution in [0, 0.1) is 0 Å². The molecule has 0 aliphatic carbocycles. The molecule has 1 fully saturated rings. The molecule has 2 aliphatic heterocycles. The minimum absolute atomic E-state index is 0.132. The van der Waals surface area contributed by atoms with Gasteiger partial charge in [0, 0.05) is 11.3 Å². The molecular formula is C21H22N2O4S. The first-order valence-electron chi connectivity index (χ1n) is 9.11. The topological polar surface area (TPSA) is 67.9 Å². The molecule has 2 amide bonds. The highest BCUT2D eigenvalue weighted by molar-refractivity contribution is 7.99. The Hall–Kier alpha value is -2.67. The average molecular weight is 398 g/mol. The Labute approximate surface area is 168 Å². The third-order valence-corrected chi connectivity index (χ3v) is 6.56. The number of fused-ring (bicyclic) bond motifs is 3. The van der Waals surface area contributed by atoms with Gasteiger partial charge in [-0.1, -0.05) is 36.4 Å². The lowest BCUT2D eigenvalue weighted by atomic mass is 10.1. The van der Waals surface area contributed by atoms with E-state index in [4.69, 9.17) is 9.47 Å². The zero-order valence-corrected chi connectivity index (χ0v) is 16.8. The van der Waals surface area contributed by atoms with Crippen LogP contribution in [0.3, 0.4) is 0 Å². The second-order valence-corrected chi connectivity index (χ2v) is 7.93.